The summed E-state index contributed by atoms with van der Waals surface area (Å²) in [5.74, 6) is 0.719. The molecular formula is C21H28F3IN4O. The molecule has 0 amide bonds. The molecule has 0 aliphatic carbocycles. The van der Waals surface area contributed by atoms with E-state index in [1.165, 1.54) is 5.56 Å². The Hall–Kier alpha value is -1.88. The van der Waals surface area contributed by atoms with Gasteiger partial charge in [-0.05, 0) is 48.6 Å². The molecule has 0 unspecified atom stereocenters. The number of benzene rings is 1. The number of aryl methyl sites for hydroxylation is 1. The summed E-state index contributed by atoms with van der Waals surface area (Å²) >= 11 is 0. The van der Waals surface area contributed by atoms with Crippen LogP contribution in [0.25, 0.3) is 0 Å². The van der Waals surface area contributed by atoms with Crippen LogP contribution in [-0.4, -0.2) is 36.8 Å². The van der Waals surface area contributed by atoms with Crippen LogP contribution in [0.4, 0.5) is 13.2 Å². The Bertz CT molecular complexity index is 783. The van der Waals surface area contributed by atoms with E-state index in [9.17, 15) is 13.2 Å². The molecule has 0 fully saturated rings. The van der Waals surface area contributed by atoms with Crippen LogP contribution in [0, 0.1) is 6.92 Å². The fourth-order valence-corrected chi connectivity index (χ4v) is 2.64. The zero-order chi connectivity index (χ0) is 21.1. The highest BCUT2D eigenvalue weighted by Crippen LogP contribution is 2.16. The number of hydrogen-bond donors (Lipinski definition) is 2. The van der Waals surface area contributed by atoms with Crippen molar-refractivity contribution in [3.8, 4) is 0 Å². The average Bonchev–Trinajstić information content (AvgIpc) is 2.67. The first-order valence-electron chi connectivity index (χ1n) is 9.51. The lowest BCUT2D eigenvalue weighted by atomic mass is 10.1. The molecule has 30 heavy (non-hydrogen) atoms. The van der Waals surface area contributed by atoms with Gasteiger partial charge in [0.25, 0.3) is 0 Å². The molecule has 1 aromatic heterocycles. The van der Waals surface area contributed by atoms with Crippen LogP contribution in [0.5, 0.6) is 0 Å². The van der Waals surface area contributed by atoms with Gasteiger partial charge in [-0.15, -0.1) is 24.0 Å². The maximum absolute atomic E-state index is 12.1. The van der Waals surface area contributed by atoms with E-state index in [0.29, 0.717) is 12.1 Å². The van der Waals surface area contributed by atoms with E-state index >= 15 is 0 Å². The fourth-order valence-electron chi connectivity index (χ4n) is 2.64. The number of halogens is 4. The lowest BCUT2D eigenvalue weighted by Crippen LogP contribution is -2.38. The van der Waals surface area contributed by atoms with Gasteiger partial charge in [-0.3, -0.25) is 4.98 Å². The Morgan fingerprint density at radius 3 is 2.43 bits per heavy atom. The van der Waals surface area contributed by atoms with E-state index in [0.717, 1.165) is 36.6 Å². The number of rotatable bonds is 9. The highest BCUT2D eigenvalue weighted by Gasteiger charge is 2.27. The van der Waals surface area contributed by atoms with Crippen molar-refractivity contribution in [2.45, 2.75) is 39.6 Å². The number of guanidine groups is 1. The Labute approximate surface area is 192 Å². The van der Waals surface area contributed by atoms with Crippen LogP contribution < -0.4 is 10.6 Å². The number of aliphatic imine (C=N–C) groups is 1. The van der Waals surface area contributed by atoms with Crippen LogP contribution in [0.15, 0.2) is 47.7 Å². The van der Waals surface area contributed by atoms with E-state index in [2.05, 4.69) is 25.3 Å². The third-order valence-corrected chi connectivity index (χ3v) is 4.14. The molecular weight excluding hydrogens is 508 g/mol. The predicted molar refractivity (Wildman–Crippen MR) is 123 cm³/mol. The maximum atomic E-state index is 12.1. The number of hydrogen-bond acceptors (Lipinski definition) is 3. The van der Waals surface area contributed by atoms with Crippen molar-refractivity contribution >= 4 is 29.9 Å². The van der Waals surface area contributed by atoms with Crippen molar-refractivity contribution in [3.63, 3.8) is 0 Å². The molecule has 0 saturated carbocycles. The zero-order valence-electron chi connectivity index (χ0n) is 17.1. The molecule has 0 atom stereocenters. The molecule has 0 saturated heterocycles. The van der Waals surface area contributed by atoms with Crippen LogP contribution >= 0.6 is 24.0 Å². The standard InChI is InChI=1S/C21H27F3N4O.HI/c1-3-26-20(27-11-9-19-8-10-25-12-16(19)2)28-13-17-4-6-18(7-5-17)14-29-15-21(22,23)24;/h4-8,10,12H,3,9,11,13-15H2,1-2H3,(H2,26,27,28);1H. The molecule has 5 nitrogen and oxygen atoms in total. The van der Waals surface area contributed by atoms with E-state index < -0.39 is 12.8 Å². The van der Waals surface area contributed by atoms with E-state index in [1.807, 2.05) is 38.2 Å². The van der Waals surface area contributed by atoms with Gasteiger partial charge < -0.3 is 15.4 Å². The third kappa shape index (κ3) is 10.2. The second-order valence-electron chi connectivity index (χ2n) is 6.60. The van der Waals surface area contributed by atoms with Gasteiger partial charge in [0.2, 0.25) is 0 Å². The summed E-state index contributed by atoms with van der Waals surface area (Å²) in [5.41, 5.74) is 4.06. The molecule has 2 N–H and O–H groups in total. The lowest BCUT2D eigenvalue weighted by Gasteiger charge is -2.12. The fraction of sp³-hybridized carbons (Fsp3) is 0.429. The molecule has 0 aliphatic rings. The minimum Gasteiger partial charge on any atom is -0.367 e. The van der Waals surface area contributed by atoms with Crippen LogP contribution in [0.2, 0.25) is 0 Å². The lowest BCUT2D eigenvalue weighted by molar-refractivity contribution is -0.176. The summed E-state index contributed by atoms with van der Waals surface area (Å²) < 4.78 is 41.0. The monoisotopic (exact) mass is 536 g/mol. The molecule has 2 rings (SSSR count). The first kappa shape index (κ1) is 26.2. The van der Waals surface area contributed by atoms with Crippen LogP contribution in [-0.2, 0) is 24.3 Å². The van der Waals surface area contributed by atoms with Crippen LogP contribution in [0.1, 0.15) is 29.2 Å². The number of alkyl halides is 3. The third-order valence-electron chi connectivity index (χ3n) is 4.14. The van der Waals surface area contributed by atoms with Gasteiger partial charge >= 0.3 is 6.18 Å². The van der Waals surface area contributed by atoms with Crippen molar-refractivity contribution < 1.29 is 17.9 Å². The maximum Gasteiger partial charge on any atom is 0.411 e. The van der Waals surface area contributed by atoms with Crippen molar-refractivity contribution in [3.05, 3.63) is 65.0 Å². The smallest absolute Gasteiger partial charge is 0.367 e. The largest absolute Gasteiger partial charge is 0.411 e. The summed E-state index contributed by atoms with van der Waals surface area (Å²) in [6.07, 6.45) is 0.206. The number of ether oxygens (including phenoxy) is 1. The van der Waals surface area contributed by atoms with Gasteiger partial charge in [-0.1, -0.05) is 24.3 Å². The van der Waals surface area contributed by atoms with Gasteiger partial charge in [-0.25, -0.2) is 4.99 Å². The Balaban J connectivity index is 0.00000450. The highest BCUT2D eigenvalue weighted by molar-refractivity contribution is 14.0. The molecule has 2 aromatic rings. The number of pyridine rings is 1. The number of aromatic nitrogens is 1. The van der Waals surface area contributed by atoms with Crippen molar-refractivity contribution in [1.82, 2.24) is 15.6 Å². The summed E-state index contributed by atoms with van der Waals surface area (Å²) in [6.45, 7) is 4.69. The molecule has 0 aliphatic heterocycles. The number of nitrogens with one attached hydrogen (secondary N) is 2. The van der Waals surface area contributed by atoms with E-state index in [-0.39, 0.29) is 30.6 Å². The van der Waals surface area contributed by atoms with Crippen LogP contribution in [0.3, 0.4) is 0 Å². The summed E-state index contributed by atoms with van der Waals surface area (Å²) in [5, 5.41) is 6.52. The van der Waals surface area contributed by atoms with Crippen molar-refractivity contribution in [2.24, 2.45) is 4.99 Å². The quantitative estimate of drug-likeness (QED) is 0.284. The van der Waals surface area contributed by atoms with Gasteiger partial charge in [-0.2, -0.15) is 13.2 Å². The van der Waals surface area contributed by atoms with Gasteiger partial charge in [0.1, 0.15) is 6.61 Å². The Kier molecular flexibility index (Phi) is 11.7. The highest BCUT2D eigenvalue weighted by atomic mass is 127. The predicted octanol–water partition coefficient (Wildman–Crippen LogP) is 4.38. The van der Waals surface area contributed by atoms with Gasteiger partial charge in [0.05, 0.1) is 13.2 Å². The Morgan fingerprint density at radius 1 is 1.10 bits per heavy atom. The second kappa shape index (κ2) is 13.4. The zero-order valence-corrected chi connectivity index (χ0v) is 19.5. The minimum absolute atomic E-state index is 0. The minimum atomic E-state index is -4.31. The van der Waals surface area contributed by atoms with E-state index in [1.54, 1.807) is 18.3 Å². The first-order valence-corrected chi connectivity index (χ1v) is 9.51. The molecule has 0 bridgehead atoms. The molecule has 9 heteroatoms. The topological polar surface area (TPSA) is 58.5 Å². The van der Waals surface area contributed by atoms with Gasteiger partial charge in [0, 0.05) is 25.5 Å². The molecule has 0 spiro atoms. The summed E-state index contributed by atoms with van der Waals surface area (Å²) in [6, 6.07) is 9.22. The normalized spacial score (nSPS) is 11.7. The van der Waals surface area contributed by atoms with Gasteiger partial charge in [0.15, 0.2) is 5.96 Å². The molecule has 166 valence electrons. The van der Waals surface area contributed by atoms with E-state index in [4.69, 9.17) is 0 Å². The second-order valence-corrected chi connectivity index (χ2v) is 6.60. The molecule has 0 radical (unpaired) electrons. The van der Waals surface area contributed by atoms with Crippen molar-refractivity contribution in [2.75, 3.05) is 19.7 Å². The summed E-state index contributed by atoms with van der Waals surface area (Å²) in [4.78, 5) is 8.66. The SMILES string of the molecule is CCNC(=NCc1ccc(COCC(F)(F)F)cc1)NCCc1ccncc1C.I. The first-order chi connectivity index (χ1) is 13.9. The summed E-state index contributed by atoms with van der Waals surface area (Å²) in [7, 11) is 0. The average molecular weight is 536 g/mol. The number of nitrogens with zero attached hydrogens (tertiary/aromatic N) is 2. The van der Waals surface area contributed by atoms with Crippen molar-refractivity contribution in [1.29, 1.82) is 0 Å². The molecule has 1 aromatic carbocycles. The molecule has 1 heterocycles. The Morgan fingerprint density at radius 2 is 1.80 bits per heavy atom.